The van der Waals surface area contributed by atoms with Crippen LogP contribution in [0, 0.1) is 5.41 Å². The van der Waals surface area contributed by atoms with E-state index in [2.05, 4.69) is 6.92 Å². The summed E-state index contributed by atoms with van der Waals surface area (Å²) >= 11 is 0. The van der Waals surface area contributed by atoms with Crippen LogP contribution in [0.4, 0.5) is 0 Å². The van der Waals surface area contributed by atoms with Crippen LogP contribution < -0.4 is 5.73 Å². The summed E-state index contributed by atoms with van der Waals surface area (Å²) in [4.78, 5) is 0. The fourth-order valence-corrected chi connectivity index (χ4v) is 1.06. The van der Waals surface area contributed by atoms with Crippen LogP contribution in [0.3, 0.4) is 0 Å². The zero-order valence-corrected chi connectivity index (χ0v) is 8.81. The minimum Gasteiger partial charge on any atom is -0.385 e. The van der Waals surface area contributed by atoms with Crippen LogP contribution in [-0.2, 0) is 4.74 Å². The van der Waals surface area contributed by atoms with Crippen LogP contribution in [0.5, 0.6) is 0 Å². The average Bonchev–Trinajstić information content (AvgIpc) is 2.10. The van der Waals surface area contributed by atoms with Crippen molar-refractivity contribution < 1.29 is 4.74 Å². The Labute approximate surface area is 81.2 Å². The van der Waals surface area contributed by atoms with Gasteiger partial charge in [-0.2, -0.15) is 0 Å². The quantitative estimate of drug-likeness (QED) is 0.347. The molecule has 1 atom stereocenters. The van der Waals surface area contributed by atoms with Crippen molar-refractivity contribution in [1.82, 2.24) is 0 Å². The summed E-state index contributed by atoms with van der Waals surface area (Å²) in [6.07, 6.45) is 5.95. The summed E-state index contributed by atoms with van der Waals surface area (Å²) in [5.74, 6) is 0.119. The summed E-state index contributed by atoms with van der Waals surface area (Å²) in [5.41, 5.74) is 5.26. The van der Waals surface area contributed by atoms with Crippen molar-refractivity contribution in [3.63, 3.8) is 0 Å². The molecule has 0 spiro atoms. The molecule has 1 unspecified atom stereocenters. The van der Waals surface area contributed by atoms with Crippen molar-refractivity contribution >= 4 is 5.84 Å². The third-order valence-electron chi connectivity index (χ3n) is 2.05. The minimum atomic E-state index is -0.217. The minimum absolute atomic E-state index is 0.119. The van der Waals surface area contributed by atoms with Gasteiger partial charge in [-0.15, -0.1) is 0 Å². The summed E-state index contributed by atoms with van der Waals surface area (Å²) in [6, 6.07) is 0. The van der Waals surface area contributed by atoms with E-state index in [1.807, 2.05) is 6.92 Å². The number of nitrogens with two attached hydrogens (primary N) is 1. The predicted molar refractivity (Wildman–Crippen MR) is 56.1 cm³/mol. The van der Waals surface area contributed by atoms with E-state index in [4.69, 9.17) is 15.9 Å². The summed E-state index contributed by atoms with van der Waals surface area (Å²) < 4.78 is 5.33. The highest BCUT2D eigenvalue weighted by Crippen LogP contribution is 2.03. The van der Waals surface area contributed by atoms with Crippen LogP contribution in [0.1, 0.15) is 46.0 Å². The molecule has 0 aliphatic rings. The molecule has 0 aromatic carbocycles. The molecule has 0 aromatic rings. The number of hydrogen-bond acceptors (Lipinski definition) is 2. The largest absolute Gasteiger partial charge is 0.385 e. The van der Waals surface area contributed by atoms with Crippen LogP contribution in [0.2, 0.25) is 0 Å². The van der Waals surface area contributed by atoms with Gasteiger partial charge in [0.2, 0.25) is 0 Å². The smallest absolute Gasteiger partial charge is 0.120 e. The molecule has 0 saturated carbocycles. The molecular formula is C10H22N2O. The number of amidine groups is 1. The van der Waals surface area contributed by atoms with Crippen molar-refractivity contribution in [3.05, 3.63) is 0 Å². The Morgan fingerprint density at radius 3 is 2.46 bits per heavy atom. The topological polar surface area (TPSA) is 59.1 Å². The molecule has 13 heavy (non-hydrogen) atoms. The Balaban J connectivity index is 3.11. The standard InChI is InChI=1S/C10H22N2O/c1-3-4-5-6-7-8-13-9(2)10(11)12/h9H,3-8H2,1-2H3,(H3,11,12). The Bertz CT molecular complexity index is 137. The molecule has 3 heteroatoms. The lowest BCUT2D eigenvalue weighted by molar-refractivity contribution is 0.104. The van der Waals surface area contributed by atoms with E-state index >= 15 is 0 Å². The summed E-state index contributed by atoms with van der Waals surface area (Å²) in [7, 11) is 0. The van der Waals surface area contributed by atoms with Gasteiger partial charge in [0.1, 0.15) is 11.9 Å². The molecule has 0 aliphatic carbocycles. The third kappa shape index (κ3) is 7.78. The van der Waals surface area contributed by atoms with E-state index in [0.717, 1.165) is 13.0 Å². The van der Waals surface area contributed by atoms with Gasteiger partial charge < -0.3 is 10.5 Å². The van der Waals surface area contributed by atoms with Crippen LogP contribution >= 0.6 is 0 Å². The van der Waals surface area contributed by atoms with Crippen molar-refractivity contribution in [2.45, 2.75) is 52.1 Å². The Hall–Kier alpha value is -0.570. The van der Waals surface area contributed by atoms with Gasteiger partial charge in [-0.25, -0.2) is 0 Å². The van der Waals surface area contributed by atoms with E-state index in [-0.39, 0.29) is 11.9 Å². The number of ether oxygens (including phenoxy) is 1. The molecule has 0 radical (unpaired) electrons. The van der Waals surface area contributed by atoms with Gasteiger partial charge in [0, 0.05) is 6.61 Å². The predicted octanol–water partition coefficient (Wildman–Crippen LogP) is 2.30. The lowest BCUT2D eigenvalue weighted by Gasteiger charge is -2.10. The molecule has 0 fully saturated rings. The lowest BCUT2D eigenvalue weighted by Crippen LogP contribution is -2.27. The van der Waals surface area contributed by atoms with E-state index in [1.54, 1.807) is 0 Å². The maximum Gasteiger partial charge on any atom is 0.120 e. The second-order valence-corrected chi connectivity index (χ2v) is 3.38. The first-order valence-corrected chi connectivity index (χ1v) is 5.14. The molecule has 3 N–H and O–H groups in total. The van der Waals surface area contributed by atoms with Gasteiger partial charge >= 0.3 is 0 Å². The first kappa shape index (κ1) is 12.4. The third-order valence-corrected chi connectivity index (χ3v) is 2.05. The fraction of sp³-hybridized carbons (Fsp3) is 0.900. The van der Waals surface area contributed by atoms with E-state index < -0.39 is 0 Å². The summed E-state index contributed by atoms with van der Waals surface area (Å²) in [5, 5.41) is 7.10. The molecule has 0 aliphatic heterocycles. The number of unbranched alkanes of at least 4 members (excludes halogenated alkanes) is 4. The molecule has 0 heterocycles. The first-order chi connectivity index (χ1) is 6.18. The molecule has 0 aromatic heterocycles. The lowest BCUT2D eigenvalue weighted by atomic mass is 10.2. The first-order valence-electron chi connectivity index (χ1n) is 5.14. The Morgan fingerprint density at radius 1 is 1.31 bits per heavy atom. The second-order valence-electron chi connectivity index (χ2n) is 3.38. The summed E-state index contributed by atoms with van der Waals surface area (Å²) in [6.45, 7) is 4.74. The number of hydrogen-bond donors (Lipinski definition) is 2. The van der Waals surface area contributed by atoms with E-state index in [1.165, 1.54) is 25.7 Å². The van der Waals surface area contributed by atoms with Crippen LogP contribution in [0.15, 0.2) is 0 Å². The van der Waals surface area contributed by atoms with Gasteiger partial charge in [0.25, 0.3) is 0 Å². The Morgan fingerprint density at radius 2 is 1.92 bits per heavy atom. The van der Waals surface area contributed by atoms with Gasteiger partial charge in [-0.05, 0) is 13.3 Å². The molecule has 78 valence electrons. The second kappa shape index (κ2) is 8.05. The maximum atomic E-state index is 7.10. The van der Waals surface area contributed by atoms with E-state index in [9.17, 15) is 0 Å². The SMILES string of the molecule is CCCCCCCOC(C)C(=N)N. The van der Waals surface area contributed by atoms with Crippen molar-refractivity contribution in [3.8, 4) is 0 Å². The van der Waals surface area contributed by atoms with Crippen LogP contribution in [0.25, 0.3) is 0 Å². The molecule has 0 amide bonds. The fourth-order valence-electron chi connectivity index (χ4n) is 1.06. The van der Waals surface area contributed by atoms with Crippen molar-refractivity contribution in [1.29, 1.82) is 5.41 Å². The van der Waals surface area contributed by atoms with Crippen LogP contribution in [-0.4, -0.2) is 18.5 Å². The zero-order valence-electron chi connectivity index (χ0n) is 8.81. The van der Waals surface area contributed by atoms with Crippen molar-refractivity contribution in [2.24, 2.45) is 5.73 Å². The highest BCUT2D eigenvalue weighted by atomic mass is 16.5. The molecule has 3 nitrogen and oxygen atoms in total. The molecule has 0 bridgehead atoms. The van der Waals surface area contributed by atoms with Crippen molar-refractivity contribution in [2.75, 3.05) is 6.61 Å². The van der Waals surface area contributed by atoms with Gasteiger partial charge in [-0.3, -0.25) is 5.41 Å². The monoisotopic (exact) mass is 186 g/mol. The van der Waals surface area contributed by atoms with E-state index in [0.29, 0.717) is 0 Å². The molecular weight excluding hydrogens is 164 g/mol. The number of nitrogens with one attached hydrogen (secondary N) is 1. The van der Waals surface area contributed by atoms with Gasteiger partial charge in [0.05, 0.1) is 0 Å². The maximum absolute atomic E-state index is 7.10. The highest BCUT2D eigenvalue weighted by molar-refractivity contribution is 5.81. The average molecular weight is 186 g/mol. The molecule has 0 saturated heterocycles. The number of rotatable bonds is 8. The van der Waals surface area contributed by atoms with Gasteiger partial charge in [-0.1, -0.05) is 32.6 Å². The molecule has 0 rings (SSSR count). The van der Waals surface area contributed by atoms with Gasteiger partial charge in [0.15, 0.2) is 0 Å². The zero-order chi connectivity index (χ0) is 10.1. The normalized spacial score (nSPS) is 12.8. The Kier molecular flexibility index (Phi) is 7.69. The highest BCUT2D eigenvalue weighted by Gasteiger charge is 2.03.